The highest BCUT2D eigenvalue weighted by Gasteiger charge is 2.10. The molecule has 1 amide bonds. The summed E-state index contributed by atoms with van der Waals surface area (Å²) in [6.45, 7) is 0. The van der Waals surface area contributed by atoms with E-state index in [1.165, 1.54) is 0 Å². The molecule has 19 heavy (non-hydrogen) atoms. The Morgan fingerprint density at radius 3 is 2.47 bits per heavy atom. The van der Waals surface area contributed by atoms with E-state index >= 15 is 0 Å². The first kappa shape index (κ1) is 12.7. The summed E-state index contributed by atoms with van der Waals surface area (Å²) in [4.78, 5) is 14.5. The third kappa shape index (κ3) is 2.73. The molecule has 5 heteroatoms. The standard InChI is InChI=1S/C14H12N4O/c1-16-14(19)13-5-3-2-4-12(13)10-6-8-11(9-7-10)17-18-15/h2-9H,1H3,(H,16,19). The van der Waals surface area contributed by atoms with Crippen LogP contribution in [0.3, 0.4) is 0 Å². The molecular formula is C14H12N4O. The summed E-state index contributed by atoms with van der Waals surface area (Å²) in [5, 5.41) is 6.13. The first-order chi connectivity index (χ1) is 9.26. The van der Waals surface area contributed by atoms with E-state index in [9.17, 15) is 4.79 Å². The van der Waals surface area contributed by atoms with E-state index in [1.807, 2.05) is 30.3 Å². The van der Waals surface area contributed by atoms with Crippen molar-refractivity contribution in [1.29, 1.82) is 0 Å². The van der Waals surface area contributed by atoms with Crippen molar-refractivity contribution >= 4 is 11.6 Å². The Bertz CT molecular complexity index is 643. The van der Waals surface area contributed by atoms with Gasteiger partial charge in [0, 0.05) is 23.2 Å². The van der Waals surface area contributed by atoms with E-state index in [4.69, 9.17) is 5.53 Å². The zero-order valence-corrected chi connectivity index (χ0v) is 10.4. The fraction of sp³-hybridized carbons (Fsp3) is 0.0714. The average molecular weight is 252 g/mol. The molecule has 0 saturated heterocycles. The highest BCUT2D eigenvalue weighted by atomic mass is 16.1. The molecule has 0 unspecified atom stereocenters. The van der Waals surface area contributed by atoms with E-state index in [1.54, 1.807) is 25.2 Å². The van der Waals surface area contributed by atoms with E-state index in [0.717, 1.165) is 11.1 Å². The number of nitrogens with zero attached hydrogens (tertiary/aromatic N) is 3. The van der Waals surface area contributed by atoms with Crippen molar-refractivity contribution in [2.75, 3.05) is 7.05 Å². The Hall–Kier alpha value is -2.78. The first-order valence-corrected chi connectivity index (χ1v) is 5.73. The van der Waals surface area contributed by atoms with Crippen LogP contribution in [0.15, 0.2) is 53.6 Å². The smallest absolute Gasteiger partial charge is 0.251 e. The molecular weight excluding hydrogens is 240 g/mol. The van der Waals surface area contributed by atoms with Gasteiger partial charge in [-0.15, -0.1) is 0 Å². The molecule has 0 saturated carbocycles. The lowest BCUT2D eigenvalue weighted by atomic mass is 9.99. The van der Waals surface area contributed by atoms with Crippen molar-refractivity contribution in [2.45, 2.75) is 0 Å². The van der Waals surface area contributed by atoms with Gasteiger partial charge in [-0.05, 0) is 22.7 Å². The van der Waals surface area contributed by atoms with Crippen molar-refractivity contribution in [3.8, 4) is 11.1 Å². The lowest BCUT2D eigenvalue weighted by molar-refractivity contribution is 0.0963. The predicted octanol–water partition coefficient (Wildman–Crippen LogP) is 3.66. The van der Waals surface area contributed by atoms with Crippen LogP contribution in [0, 0.1) is 0 Å². The van der Waals surface area contributed by atoms with E-state index in [2.05, 4.69) is 15.3 Å². The second kappa shape index (κ2) is 5.71. The Morgan fingerprint density at radius 2 is 1.84 bits per heavy atom. The van der Waals surface area contributed by atoms with Gasteiger partial charge in [-0.25, -0.2) is 0 Å². The highest BCUT2D eigenvalue weighted by Crippen LogP contribution is 2.25. The molecule has 0 heterocycles. The van der Waals surface area contributed by atoms with E-state index in [-0.39, 0.29) is 5.91 Å². The largest absolute Gasteiger partial charge is 0.355 e. The van der Waals surface area contributed by atoms with Gasteiger partial charge in [-0.2, -0.15) is 0 Å². The number of amides is 1. The van der Waals surface area contributed by atoms with Crippen LogP contribution in [0.25, 0.3) is 21.6 Å². The Morgan fingerprint density at radius 1 is 1.16 bits per heavy atom. The quantitative estimate of drug-likeness (QED) is 0.505. The molecule has 0 aliphatic heterocycles. The molecule has 2 aromatic carbocycles. The van der Waals surface area contributed by atoms with Crippen molar-refractivity contribution < 1.29 is 4.79 Å². The Kier molecular flexibility index (Phi) is 3.81. The second-order valence-corrected chi connectivity index (χ2v) is 3.86. The number of rotatable bonds is 3. The van der Waals surface area contributed by atoms with Crippen LogP contribution in [-0.2, 0) is 0 Å². The number of azide groups is 1. The maximum Gasteiger partial charge on any atom is 0.251 e. The van der Waals surface area contributed by atoms with E-state index in [0.29, 0.717) is 11.3 Å². The summed E-state index contributed by atoms with van der Waals surface area (Å²) in [5.74, 6) is -0.130. The van der Waals surface area contributed by atoms with Gasteiger partial charge in [0.25, 0.3) is 5.91 Å². The van der Waals surface area contributed by atoms with Gasteiger partial charge in [0.2, 0.25) is 0 Å². The Labute approximate surface area is 110 Å². The molecule has 0 fully saturated rings. The second-order valence-electron chi connectivity index (χ2n) is 3.86. The Balaban J connectivity index is 2.46. The number of benzene rings is 2. The number of carbonyl (C=O) groups excluding carboxylic acids is 1. The van der Waals surface area contributed by atoms with Gasteiger partial charge < -0.3 is 5.32 Å². The molecule has 0 bridgehead atoms. The van der Waals surface area contributed by atoms with Gasteiger partial charge in [-0.3, -0.25) is 4.79 Å². The van der Waals surface area contributed by atoms with Crippen molar-refractivity contribution in [2.24, 2.45) is 5.11 Å². The third-order valence-electron chi connectivity index (χ3n) is 2.74. The third-order valence-corrected chi connectivity index (χ3v) is 2.74. The van der Waals surface area contributed by atoms with Crippen LogP contribution in [0.2, 0.25) is 0 Å². The maximum atomic E-state index is 11.8. The molecule has 0 aliphatic carbocycles. The fourth-order valence-corrected chi connectivity index (χ4v) is 1.83. The van der Waals surface area contributed by atoms with Crippen molar-refractivity contribution in [3.63, 3.8) is 0 Å². The van der Waals surface area contributed by atoms with Gasteiger partial charge in [-0.1, -0.05) is 47.6 Å². The SMILES string of the molecule is CNC(=O)c1ccccc1-c1ccc(N=[N+]=[N-])cc1. The zero-order valence-electron chi connectivity index (χ0n) is 10.4. The minimum absolute atomic E-state index is 0.130. The molecule has 2 rings (SSSR count). The predicted molar refractivity (Wildman–Crippen MR) is 74.1 cm³/mol. The van der Waals surface area contributed by atoms with Crippen LogP contribution in [0.1, 0.15) is 10.4 Å². The van der Waals surface area contributed by atoms with Crippen LogP contribution in [-0.4, -0.2) is 13.0 Å². The van der Waals surface area contributed by atoms with E-state index < -0.39 is 0 Å². The summed E-state index contributed by atoms with van der Waals surface area (Å²) in [6.07, 6.45) is 0. The number of hydrogen-bond acceptors (Lipinski definition) is 2. The lowest BCUT2D eigenvalue weighted by Gasteiger charge is -2.08. The molecule has 1 N–H and O–H groups in total. The van der Waals surface area contributed by atoms with Gasteiger partial charge in [0.15, 0.2) is 0 Å². The van der Waals surface area contributed by atoms with Crippen LogP contribution in [0.4, 0.5) is 5.69 Å². The monoisotopic (exact) mass is 252 g/mol. The summed E-state index contributed by atoms with van der Waals surface area (Å²) in [6, 6.07) is 14.4. The lowest BCUT2D eigenvalue weighted by Crippen LogP contribution is -2.18. The van der Waals surface area contributed by atoms with Crippen molar-refractivity contribution in [3.05, 3.63) is 64.5 Å². The number of hydrogen-bond donors (Lipinski definition) is 1. The van der Waals surface area contributed by atoms with Crippen LogP contribution < -0.4 is 5.32 Å². The number of carbonyl (C=O) groups is 1. The fourth-order valence-electron chi connectivity index (χ4n) is 1.83. The summed E-state index contributed by atoms with van der Waals surface area (Å²) >= 11 is 0. The molecule has 5 nitrogen and oxygen atoms in total. The summed E-state index contributed by atoms with van der Waals surface area (Å²) in [5.41, 5.74) is 11.3. The molecule has 0 aromatic heterocycles. The van der Waals surface area contributed by atoms with Crippen LogP contribution in [0.5, 0.6) is 0 Å². The zero-order chi connectivity index (χ0) is 13.7. The average Bonchev–Trinajstić information content (AvgIpc) is 2.47. The van der Waals surface area contributed by atoms with Crippen LogP contribution >= 0.6 is 0 Å². The molecule has 94 valence electrons. The maximum absolute atomic E-state index is 11.8. The van der Waals surface area contributed by atoms with Gasteiger partial charge in [0.1, 0.15) is 0 Å². The minimum atomic E-state index is -0.130. The first-order valence-electron chi connectivity index (χ1n) is 5.73. The summed E-state index contributed by atoms with van der Waals surface area (Å²) in [7, 11) is 1.60. The molecule has 2 aromatic rings. The molecule has 0 spiro atoms. The number of nitrogens with one attached hydrogen (secondary N) is 1. The molecule has 0 radical (unpaired) electrons. The molecule has 0 aliphatic rings. The highest BCUT2D eigenvalue weighted by molar-refractivity contribution is 6.00. The van der Waals surface area contributed by atoms with Gasteiger partial charge in [0.05, 0.1) is 0 Å². The normalized spacial score (nSPS) is 9.53. The topological polar surface area (TPSA) is 77.9 Å². The molecule has 0 atom stereocenters. The summed E-state index contributed by atoms with van der Waals surface area (Å²) < 4.78 is 0. The van der Waals surface area contributed by atoms with Crippen molar-refractivity contribution in [1.82, 2.24) is 5.32 Å². The van der Waals surface area contributed by atoms with Gasteiger partial charge >= 0.3 is 0 Å². The minimum Gasteiger partial charge on any atom is -0.355 e.